The third kappa shape index (κ3) is 2.92. The lowest BCUT2D eigenvalue weighted by atomic mass is 9.98. The van der Waals surface area contributed by atoms with Crippen LogP contribution in [0.1, 0.15) is 30.5 Å². The fraction of sp³-hybridized carbons (Fsp3) is 0.176. The molecule has 0 spiro atoms. The average molecular weight is 333 g/mol. The number of phenolic OH excluding ortho intramolecular Hbond substituents is 1. The number of amides is 1. The molecule has 1 amide bonds. The van der Waals surface area contributed by atoms with Gasteiger partial charge in [-0.1, -0.05) is 29.8 Å². The van der Waals surface area contributed by atoms with Crippen molar-refractivity contribution in [2.75, 3.05) is 0 Å². The van der Waals surface area contributed by atoms with Crippen molar-refractivity contribution in [2.24, 2.45) is 5.10 Å². The van der Waals surface area contributed by atoms with Gasteiger partial charge in [-0.3, -0.25) is 4.79 Å². The first-order chi connectivity index (χ1) is 11.0. The molecule has 6 heteroatoms. The molecule has 23 heavy (non-hydrogen) atoms. The molecule has 0 aromatic heterocycles. The van der Waals surface area contributed by atoms with E-state index in [-0.39, 0.29) is 22.7 Å². The number of halogens is 2. The number of para-hydroxylation sites is 1. The van der Waals surface area contributed by atoms with E-state index < -0.39 is 5.82 Å². The highest BCUT2D eigenvalue weighted by atomic mass is 35.5. The SMILES string of the molecule is CC(=O)N1N=C(c2ccccc2O)C[C@H]1c1ccc(F)c(Cl)c1. The topological polar surface area (TPSA) is 52.9 Å². The van der Waals surface area contributed by atoms with Crippen molar-refractivity contribution in [1.29, 1.82) is 0 Å². The summed E-state index contributed by atoms with van der Waals surface area (Å²) in [6, 6.07) is 10.8. The highest BCUT2D eigenvalue weighted by molar-refractivity contribution is 6.30. The van der Waals surface area contributed by atoms with E-state index >= 15 is 0 Å². The van der Waals surface area contributed by atoms with Crippen LogP contribution in [-0.2, 0) is 4.79 Å². The summed E-state index contributed by atoms with van der Waals surface area (Å²) in [5.41, 5.74) is 1.87. The van der Waals surface area contributed by atoms with E-state index in [0.29, 0.717) is 23.3 Å². The van der Waals surface area contributed by atoms with E-state index in [4.69, 9.17) is 11.6 Å². The molecule has 0 aliphatic carbocycles. The second-order valence-corrected chi connectivity index (χ2v) is 5.73. The number of carbonyl (C=O) groups excluding carboxylic acids is 1. The Hall–Kier alpha value is -2.40. The molecular formula is C17H14ClFN2O2. The highest BCUT2D eigenvalue weighted by Gasteiger charge is 2.32. The van der Waals surface area contributed by atoms with Gasteiger partial charge in [-0.2, -0.15) is 5.10 Å². The monoisotopic (exact) mass is 332 g/mol. The normalized spacial score (nSPS) is 17.3. The maximum atomic E-state index is 13.4. The van der Waals surface area contributed by atoms with E-state index in [1.807, 2.05) is 0 Å². The summed E-state index contributed by atoms with van der Waals surface area (Å²) >= 11 is 5.84. The van der Waals surface area contributed by atoms with Gasteiger partial charge in [0.05, 0.1) is 16.8 Å². The standard InChI is InChI=1S/C17H14ClFN2O2/c1-10(22)21-16(11-6-7-14(19)13(18)8-11)9-15(20-21)12-4-2-3-5-17(12)23/h2-8,16,23H,9H2,1H3/t16-/m0/s1. The van der Waals surface area contributed by atoms with Crippen molar-refractivity contribution in [3.05, 3.63) is 64.4 Å². The van der Waals surface area contributed by atoms with Crippen molar-refractivity contribution in [2.45, 2.75) is 19.4 Å². The van der Waals surface area contributed by atoms with Gasteiger partial charge in [-0.25, -0.2) is 9.40 Å². The summed E-state index contributed by atoms with van der Waals surface area (Å²) < 4.78 is 13.4. The van der Waals surface area contributed by atoms with Gasteiger partial charge >= 0.3 is 0 Å². The minimum Gasteiger partial charge on any atom is -0.507 e. The average Bonchev–Trinajstić information content (AvgIpc) is 2.96. The van der Waals surface area contributed by atoms with Gasteiger partial charge in [-0.05, 0) is 29.8 Å². The Labute approximate surface area is 137 Å². The van der Waals surface area contributed by atoms with Crippen molar-refractivity contribution in [3.8, 4) is 5.75 Å². The number of hydrogen-bond acceptors (Lipinski definition) is 3. The molecule has 1 aliphatic rings. The van der Waals surface area contributed by atoms with Crippen LogP contribution in [0.5, 0.6) is 5.75 Å². The second kappa shape index (κ2) is 6.01. The van der Waals surface area contributed by atoms with Crippen LogP contribution in [0.25, 0.3) is 0 Å². The van der Waals surface area contributed by atoms with Gasteiger partial charge in [-0.15, -0.1) is 0 Å². The van der Waals surface area contributed by atoms with Crippen molar-refractivity contribution >= 4 is 23.2 Å². The highest BCUT2D eigenvalue weighted by Crippen LogP contribution is 2.35. The number of hydrogen-bond donors (Lipinski definition) is 1. The van der Waals surface area contributed by atoms with Gasteiger partial charge in [0.2, 0.25) is 5.91 Å². The summed E-state index contributed by atoms with van der Waals surface area (Å²) in [6.07, 6.45) is 0.416. The molecule has 1 N–H and O–H groups in total. The maximum absolute atomic E-state index is 13.4. The quantitative estimate of drug-likeness (QED) is 0.907. The number of aromatic hydroxyl groups is 1. The number of benzene rings is 2. The lowest BCUT2D eigenvalue weighted by Gasteiger charge is -2.20. The first-order valence-corrected chi connectivity index (χ1v) is 7.45. The van der Waals surface area contributed by atoms with Gasteiger partial charge in [0, 0.05) is 18.9 Å². The van der Waals surface area contributed by atoms with E-state index in [9.17, 15) is 14.3 Å². The Balaban J connectivity index is 1.99. The third-order valence-electron chi connectivity index (χ3n) is 3.78. The van der Waals surface area contributed by atoms with Crippen molar-refractivity contribution in [1.82, 2.24) is 5.01 Å². The molecule has 0 saturated carbocycles. The van der Waals surface area contributed by atoms with Crippen LogP contribution in [0.15, 0.2) is 47.6 Å². The molecule has 0 radical (unpaired) electrons. The molecule has 1 atom stereocenters. The predicted octanol–water partition coefficient (Wildman–Crippen LogP) is 3.88. The zero-order valence-electron chi connectivity index (χ0n) is 12.3. The number of carbonyl (C=O) groups is 1. The lowest BCUT2D eigenvalue weighted by Crippen LogP contribution is -2.24. The summed E-state index contributed by atoms with van der Waals surface area (Å²) in [4.78, 5) is 11.9. The number of rotatable bonds is 2. The minimum atomic E-state index is -0.510. The molecular weight excluding hydrogens is 319 g/mol. The molecule has 0 saturated heterocycles. The molecule has 1 aliphatic heterocycles. The molecule has 0 fully saturated rings. The van der Waals surface area contributed by atoms with Crippen LogP contribution in [0.3, 0.4) is 0 Å². The Bertz CT molecular complexity index is 807. The summed E-state index contributed by atoms with van der Waals surface area (Å²) in [7, 11) is 0. The Morgan fingerprint density at radius 3 is 2.74 bits per heavy atom. The lowest BCUT2D eigenvalue weighted by molar-refractivity contribution is -0.130. The Morgan fingerprint density at radius 2 is 2.09 bits per heavy atom. The second-order valence-electron chi connectivity index (χ2n) is 5.32. The number of phenols is 1. The fourth-order valence-corrected chi connectivity index (χ4v) is 2.85. The van der Waals surface area contributed by atoms with Crippen LogP contribution < -0.4 is 0 Å². The van der Waals surface area contributed by atoms with Crippen LogP contribution in [-0.4, -0.2) is 21.7 Å². The summed E-state index contributed by atoms with van der Waals surface area (Å²) in [5, 5.41) is 15.7. The Kier molecular flexibility index (Phi) is 4.05. The molecule has 3 rings (SSSR count). The fourth-order valence-electron chi connectivity index (χ4n) is 2.66. The van der Waals surface area contributed by atoms with Crippen molar-refractivity contribution in [3.63, 3.8) is 0 Å². The molecule has 4 nitrogen and oxygen atoms in total. The van der Waals surface area contributed by atoms with E-state index in [0.717, 1.165) is 0 Å². The van der Waals surface area contributed by atoms with Crippen LogP contribution in [0, 0.1) is 5.82 Å². The minimum absolute atomic E-state index is 0.00186. The third-order valence-corrected chi connectivity index (χ3v) is 4.07. The van der Waals surface area contributed by atoms with Crippen LogP contribution >= 0.6 is 11.6 Å². The summed E-state index contributed by atoms with van der Waals surface area (Å²) in [5.74, 6) is -0.641. The largest absolute Gasteiger partial charge is 0.507 e. The Morgan fingerprint density at radius 1 is 1.35 bits per heavy atom. The van der Waals surface area contributed by atoms with Gasteiger partial charge in [0.15, 0.2) is 0 Å². The molecule has 2 aromatic rings. The number of nitrogens with zero attached hydrogens (tertiary/aromatic N) is 2. The summed E-state index contributed by atoms with van der Waals surface area (Å²) in [6.45, 7) is 1.41. The van der Waals surface area contributed by atoms with Crippen LogP contribution in [0.4, 0.5) is 4.39 Å². The first kappa shape index (κ1) is 15.5. The van der Waals surface area contributed by atoms with Gasteiger partial charge < -0.3 is 5.11 Å². The zero-order valence-corrected chi connectivity index (χ0v) is 13.1. The molecule has 2 aromatic carbocycles. The first-order valence-electron chi connectivity index (χ1n) is 7.08. The smallest absolute Gasteiger partial charge is 0.240 e. The predicted molar refractivity (Wildman–Crippen MR) is 85.9 cm³/mol. The van der Waals surface area contributed by atoms with E-state index in [2.05, 4.69) is 5.10 Å². The number of hydrazone groups is 1. The van der Waals surface area contributed by atoms with Gasteiger partial charge in [0.25, 0.3) is 0 Å². The molecule has 0 unspecified atom stereocenters. The maximum Gasteiger partial charge on any atom is 0.240 e. The van der Waals surface area contributed by atoms with E-state index in [1.54, 1.807) is 30.3 Å². The van der Waals surface area contributed by atoms with Gasteiger partial charge in [0.1, 0.15) is 11.6 Å². The van der Waals surface area contributed by atoms with Crippen LogP contribution in [0.2, 0.25) is 5.02 Å². The molecule has 118 valence electrons. The van der Waals surface area contributed by atoms with E-state index in [1.165, 1.54) is 24.1 Å². The molecule has 1 heterocycles. The molecule has 0 bridgehead atoms. The van der Waals surface area contributed by atoms with Crippen molar-refractivity contribution < 1.29 is 14.3 Å². The zero-order chi connectivity index (χ0) is 16.6.